The van der Waals surface area contributed by atoms with Gasteiger partial charge in [0, 0.05) is 10.3 Å². The standard InChI is InChI=1S/C20H24N2O3S/c1-9(2)14-7-11(8-26-14)18(23)21-22-19(24)16-12-5-6-13(15(12)10(3)4)17(16)20(22)25/h7-9,12-13,16-17H,5-6H2,1-4H3,(H,21,23)/t12-,13+,16-,17-/m0/s1. The van der Waals surface area contributed by atoms with Gasteiger partial charge < -0.3 is 0 Å². The molecule has 0 unspecified atom stereocenters. The molecule has 6 heteroatoms. The summed E-state index contributed by atoms with van der Waals surface area (Å²) >= 11 is 1.52. The maximum atomic E-state index is 12.9. The van der Waals surface area contributed by atoms with E-state index in [0.29, 0.717) is 11.5 Å². The van der Waals surface area contributed by atoms with Crippen LogP contribution in [0.3, 0.4) is 0 Å². The smallest absolute Gasteiger partial charge is 0.271 e. The molecule has 2 heterocycles. The molecule has 3 aliphatic rings. The summed E-state index contributed by atoms with van der Waals surface area (Å²) in [7, 11) is 0. The highest BCUT2D eigenvalue weighted by Gasteiger charge is 2.63. The molecule has 4 atom stereocenters. The number of hydrogen-bond acceptors (Lipinski definition) is 4. The molecule has 4 rings (SSSR count). The number of imide groups is 1. The Morgan fingerprint density at radius 1 is 1.15 bits per heavy atom. The fourth-order valence-electron chi connectivity index (χ4n) is 5.04. The first-order valence-electron chi connectivity index (χ1n) is 9.25. The van der Waals surface area contributed by atoms with Crippen LogP contribution < -0.4 is 5.43 Å². The van der Waals surface area contributed by atoms with Crippen LogP contribution in [-0.2, 0) is 9.59 Å². The molecule has 1 saturated heterocycles. The van der Waals surface area contributed by atoms with Crippen molar-refractivity contribution in [1.29, 1.82) is 0 Å². The van der Waals surface area contributed by atoms with E-state index in [4.69, 9.17) is 0 Å². The van der Waals surface area contributed by atoms with Gasteiger partial charge in [0.15, 0.2) is 0 Å². The van der Waals surface area contributed by atoms with Crippen LogP contribution in [0.5, 0.6) is 0 Å². The van der Waals surface area contributed by atoms with E-state index in [9.17, 15) is 14.4 Å². The quantitative estimate of drug-likeness (QED) is 0.652. The number of hydrazine groups is 1. The third kappa shape index (κ3) is 2.38. The highest BCUT2D eigenvalue weighted by atomic mass is 32.1. The fraction of sp³-hybridized carbons (Fsp3) is 0.550. The number of carbonyl (C=O) groups is 3. The molecule has 1 aromatic rings. The predicted octanol–water partition coefficient (Wildman–Crippen LogP) is 3.49. The van der Waals surface area contributed by atoms with E-state index in [-0.39, 0.29) is 41.4 Å². The molecule has 0 spiro atoms. The highest BCUT2D eigenvalue weighted by molar-refractivity contribution is 7.10. The van der Waals surface area contributed by atoms with Crippen molar-refractivity contribution in [2.75, 3.05) is 0 Å². The first-order valence-corrected chi connectivity index (χ1v) is 10.1. The van der Waals surface area contributed by atoms with Gasteiger partial charge in [0.25, 0.3) is 17.7 Å². The molecule has 0 aromatic carbocycles. The molecule has 0 radical (unpaired) electrons. The van der Waals surface area contributed by atoms with Gasteiger partial charge in [-0.2, -0.15) is 5.01 Å². The zero-order valence-electron chi connectivity index (χ0n) is 15.5. The van der Waals surface area contributed by atoms with Gasteiger partial charge >= 0.3 is 0 Å². The van der Waals surface area contributed by atoms with Crippen LogP contribution in [0, 0.1) is 23.7 Å². The second kappa shape index (κ2) is 6.05. The first-order chi connectivity index (χ1) is 12.3. The van der Waals surface area contributed by atoms with E-state index in [1.807, 2.05) is 6.07 Å². The number of hydrogen-bond donors (Lipinski definition) is 1. The van der Waals surface area contributed by atoms with E-state index in [1.165, 1.54) is 22.5 Å². The molecule has 2 aliphatic carbocycles. The summed E-state index contributed by atoms with van der Waals surface area (Å²) in [6.07, 6.45) is 1.94. The van der Waals surface area contributed by atoms with Gasteiger partial charge in [-0.3, -0.25) is 19.8 Å². The third-order valence-electron chi connectivity index (χ3n) is 6.09. The van der Waals surface area contributed by atoms with Gasteiger partial charge in [0.2, 0.25) is 0 Å². The number of carbonyl (C=O) groups excluding carboxylic acids is 3. The average molecular weight is 372 g/mol. The van der Waals surface area contributed by atoms with Crippen molar-refractivity contribution in [2.45, 2.75) is 46.5 Å². The van der Waals surface area contributed by atoms with Crippen LogP contribution in [0.4, 0.5) is 0 Å². The molecule has 2 saturated carbocycles. The van der Waals surface area contributed by atoms with Crippen LogP contribution in [0.15, 0.2) is 22.6 Å². The molecule has 138 valence electrons. The molecule has 1 N–H and O–H groups in total. The summed E-state index contributed by atoms with van der Waals surface area (Å²) in [6.45, 7) is 8.27. The Bertz CT molecular complexity index is 802. The lowest BCUT2D eigenvalue weighted by Crippen LogP contribution is -2.47. The van der Waals surface area contributed by atoms with Crippen molar-refractivity contribution in [3.63, 3.8) is 0 Å². The van der Waals surface area contributed by atoms with Crippen LogP contribution in [-0.4, -0.2) is 22.7 Å². The number of amides is 3. The summed E-state index contributed by atoms with van der Waals surface area (Å²) in [4.78, 5) is 39.5. The lowest BCUT2D eigenvalue weighted by atomic mass is 9.81. The van der Waals surface area contributed by atoms with E-state index >= 15 is 0 Å². The Kier molecular flexibility index (Phi) is 4.06. The van der Waals surface area contributed by atoms with Crippen LogP contribution in [0.25, 0.3) is 0 Å². The second-order valence-electron chi connectivity index (χ2n) is 8.14. The van der Waals surface area contributed by atoms with Crippen LogP contribution in [0.2, 0.25) is 0 Å². The predicted molar refractivity (Wildman–Crippen MR) is 99.3 cm³/mol. The summed E-state index contributed by atoms with van der Waals surface area (Å²) in [5, 5.41) is 2.78. The summed E-state index contributed by atoms with van der Waals surface area (Å²) in [6, 6.07) is 1.83. The van der Waals surface area contributed by atoms with Crippen LogP contribution in [0.1, 0.15) is 61.7 Å². The molecule has 1 aliphatic heterocycles. The van der Waals surface area contributed by atoms with E-state index in [2.05, 4.69) is 33.1 Å². The second-order valence-corrected chi connectivity index (χ2v) is 9.09. The summed E-state index contributed by atoms with van der Waals surface area (Å²) in [5.74, 6) is -0.764. The molecule has 1 aromatic heterocycles. The van der Waals surface area contributed by atoms with E-state index < -0.39 is 0 Å². The SMILES string of the molecule is CC(C)=C1[C@H]2CC[C@@H]1[C@@H]1C(=O)N(NC(=O)c3csc(C(C)C)c3)C(=O)[C@H]12. The van der Waals surface area contributed by atoms with Crippen molar-refractivity contribution >= 4 is 29.1 Å². The van der Waals surface area contributed by atoms with Gasteiger partial charge in [0.05, 0.1) is 17.4 Å². The minimum atomic E-state index is -0.385. The normalized spacial score (nSPS) is 29.7. The maximum absolute atomic E-state index is 12.9. The van der Waals surface area contributed by atoms with Gasteiger partial charge in [-0.25, -0.2) is 0 Å². The Hall–Kier alpha value is -1.95. The van der Waals surface area contributed by atoms with Crippen molar-refractivity contribution in [2.24, 2.45) is 23.7 Å². The Morgan fingerprint density at radius 3 is 2.19 bits per heavy atom. The number of nitrogens with one attached hydrogen (secondary N) is 1. The molecule has 2 bridgehead atoms. The monoisotopic (exact) mass is 372 g/mol. The molecule has 26 heavy (non-hydrogen) atoms. The summed E-state index contributed by atoms with van der Waals surface area (Å²) < 4.78 is 0. The van der Waals surface area contributed by atoms with Crippen molar-refractivity contribution < 1.29 is 14.4 Å². The number of allylic oxidation sites excluding steroid dienone is 2. The Morgan fingerprint density at radius 2 is 1.73 bits per heavy atom. The van der Waals surface area contributed by atoms with Crippen molar-refractivity contribution in [1.82, 2.24) is 10.4 Å². The topological polar surface area (TPSA) is 66.5 Å². The van der Waals surface area contributed by atoms with Gasteiger partial charge in [-0.15, -0.1) is 11.3 Å². The maximum Gasteiger partial charge on any atom is 0.271 e. The molecule has 3 fully saturated rings. The first kappa shape index (κ1) is 17.5. The minimum Gasteiger partial charge on any atom is -0.272 e. The zero-order chi connectivity index (χ0) is 18.7. The molecule has 5 nitrogen and oxygen atoms in total. The van der Waals surface area contributed by atoms with Gasteiger partial charge in [-0.05, 0) is 50.5 Å². The lowest BCUT2D eigenvalue weighted by molar-refractivity contribution is -0.143. The third-order valence-corrected chi connectivity index (χ3v) is 7.33. The Balaban J connectivity index is 1.55. The molecular weight excluding hydrogens is 348 g/mol. The van der Waals surface area contributed by atoms with E-state index in [0.717, 1.165) is 22.7 Å². The number of rotatable bonds is 3. The van der Waals surface area contributed by atoms with Gasteiger partial charge in [-0.1, -0.05) is 25.0 Å². The number of fused-ring (bicyclic) bond motifs is 5. The fourth-order valence-corrected chi connectivity index (χ4v) is 5.95. The van der Waals surface area contributed by atoms with Crippen molar-refractivity contribution in [3.05, 3.63) is 33.0 Å². The van der Waals surface area contributed by atoms with Crippen LogP contribution >= 0.6 is 11.3 Å². The summed E-state index contributed by atoms with van der Waals surface area (Å²) in [5.41, 5.74) is 5.63. The largest absolute Gasteiger partial charge is 0.272 e. The number of thiophene rings is 1. The van der Waals surface area contributed by atoms with Gasteiger partial charge in [0.1, 0.15) is 0 Å². The number of nitrogens with zero attached hydrogens (tertiary/aromatic N) is 1. The van der Waals surface area contributed by atoms with Crippen molar-refractivity contribution in [3.8, 4) is 0 Å². The highest BCUT2D eigenvalue weighted by Crippen LogP contribution is 2.59. The minimum absolute atomic E-state index is 0.169. The molecular formula is C20H24N2O3S. The Labute approximate surface area is 157 Å². The van der Waals surface area contributed by atoms with E-state index in [1.54, 1.807) is 5.38 Å². The lowest BCUT2D eigenvalue weighted by Gasteiger charge is -2.19. The zero-order valence-corrected chi connectivity index (χ0v) is 16.4. The average Bonchev–Trinajstić information content (AvgIpc) is 3.32. The molecule has 3 amide bonds.